The molecule has 0 saturated carbocycles. The van der Waals surface area contributed by atoms with Gasteiger partial charge in [-0.3, -0.25) is 14.5 Å². The first kappa shape index (κ1) is 17.8. The average Bonchev–Trinajstić information content (AvgIpc) is 3.19. The van der Waals surface area contributed by atoms with Crippen LogP contribution in [0.4, 0.5) is 5.95 Å². The van der Waals surface area contributed by atoms with E-state index in [2.05, 4.69) is 59.9 Å². The van der Waals surface area contributed by atoms with Gasteiger partial charge in [-0.1, -0.05) is 18.2 Å². The Morgan fingerprint density at radius 1 is 0.967 bits per heavy atom. The summed E-state index contributed by atoms with van der Waals surface area (Å²) in [4.78, 5) is 19.0. The monoisotopic (exact) mass is 403 g/mol. The van der Waals surface area contributed by atoms with E-state index in [1.807, 2.05) is 30.5 Å². The van der Waals surface area contributed by atoms with E-state index in [1.165, 1.54) is 0 Å². The summed E-state index contributed by atoms with van der Waals surface area (Å²) in [7, 11) is 2.18. The number of guanidine groups is 1. The largest absolute Gasteiger partial charge is 0.330 e. The van der Waals surface area contributed by atoms with Gasteiger partial charge in [0.1, 0.15) is 6.67 Å². The van der Waals surface area contributed by atoms with Crippen LogP contribution in [-0.2, 0) is 0 Å². The number of piperazine rings is 1. The number of fused-ring (bicyclic) bond motifs is 5. The van der Waals surface area contributed by atoms with Gasteiger partial charge in [0.2, 0.25) is 11.9 Å². The van der Waals surface area contributed by atoms with Gasteiger partial charge in [0, 0.05) is 32.4 Å². The van der Waals surface area contributed by atoms with Crippen LogP contribution in [0.1, 0.15) is 11.9 Å². The Morgan fingerprint density at radius 3 is 2.63 bits per heavy atom. The van der Waals surface area contributed by atoms with Crippen molar-refractivity contribution in [3.63, 3.8) is 0 Å². The van der Waals surface area contributed by atoms with Crippen molar-refractivity contribution in [3.8, 4) is 0 Å². The molecule has 3 aliphatic heterocycles. The second-order valence-electron chi connectivity index (χ2n) is 8.03. The molecule has 9 nitrogen and oxygen atoms in total. The second-order valence-corrected chi connectivity index (χ2v) is 8.03. The lowest BCUT2D eigenvalue weighted by atomic mass is 10.2. The minimum Gasteiger partial charge on any atom is -0.330 e. The summed E-state index contributed by atoms with van der Waals surface area (Å²) < 4.78 is 2.24. The van der Waals surface area contributed by atoms with Gasteiger partial charge in [0.15, 0.2) is 6.17 Å². The summed E-state index contributed by atoms with van der Waals surface area (Å²) in [5, 5.41) is 8.36. The number of imidazole rings is 1. The molecule has 9 heteroatoms. The molecule has 1 atom stereocenters. The van der Waals surface area contributed by atoms with Gasteiger partial charge in [-0.25, -0.2) is 20.0 Å². The normalized spacial score (nSPS) is 23.0. The minimum atomic E-state index is -0.140. The highest BCUT2D eigenvalue weighted by Gasteiger charge is 2.37. The van der Waals surface area contributed by atoms with E-state index in [0.29, 0.717) is 6.67 Å². The molecule has 6 rings (SSSR count). The Bertz CT molecular complexity index is 1080. The molecule has 3 aliphatic rings. The van der Waals surface area contributed by atoms with Gasteiger partial charge >= 0.3 is 0 Å². The number of pyridine rings is 1. The molecule has 0 aliphatic carbocycles. The van der Waals surface area contributed by atoms with Crippen molar-refractivity contribution in [2.45, 2.75) is 6.17 Å². The maximum absolute atomic E-state index is 4.99. The molecule has 0 bridgehead atoms. The average molecular weight is 403 g/mol. The number of anilines is 1. The van der Waals surface area contributed by atoms with Gasteiger partial charge in [0.05, 0.1) is 23.4 Å². The molecule has 0 spiro atoms. The maximum Gasteiger partial charge on any atom is 0.216 e. The molecule has 5 heterocycles. The molecule has 30 heavy (non-hydrogen) atoms. The third kappa shape index (κ3) is 2.85. The van der Waals surface area contributed by atoms with E-state index in [-0.39, 0.29) is 6.17 Å². The fourth-order valence-corrected chi connectivity index (χ4v) is 4.46. The summed E-state index contributed by atoms with van der Waals surface area (Å²) in [6.07, 6.45) is 1.69. The predicted molar refractivity (Wildman–Crippen MR) is 116 cm³/mol. The van der Waals surface area contributed by atoms with Gasteiger partial charge in [-0.2, -0.15) is 0 Å². The van der Waals surface area contributed by atoms with E-state index in [9.17, 15) is 0 Å². The number of nitrogens with zero attached hydrogens (tertiary/aromatic N) is 8. The molecule has 0 amide bonds. The number of aromatic nitrogens is 3. The predicted octanol–water partition coefficient (Wildman–Crippen LogP) is 1.14. The SMILES string of the molecule is CN1CCN(N2CN=C3N[C@@H](c4ccccn4)n4c(nc5ccccc54)N3C2)CC1. The van der Waals surface area contributed by atoms with Crippen molar-refractivity contribution in [2.24, 2.45) is 4.99 Å². The maximum atomic E-state index is 4.99. The highest BCUT2D eigenvalue weighted by molar-refractivity contribution is 5.98. The third-order valence-electron chi connectivity index (χ3n) is 6.13. The molecule has 1 saturated heterocycles. The minimum absolute atomic E-state index is 0.140. The number of hydrogen-bond donors (Lipinski definition) is 1. The van der Waals surface area contributed by atoms with E-state index in [1.54, 1.807) is 0 Å². The molecular weight excluding hydrogens is 378 g/mol. The van der Waals surface area contributed by atoms with Gasteiger partial charge < -0.3 is 10.2 Å². The van der Waals surface area contributed by atoms with Crippen molar-refractivity contribution < 1.29 is 0 Å². The molecule has 1 aromatic carbocycles. The van der Waals surface area contributed by atoms with E-state index < -0.39 is 0 Å². The fraction of sp³-hybridized carbons (Fsp3) is 0.381. The molecule has 1 N–H and O–H groups in total. The van der Waals surface area contributed by atoms with Crippen molar-refractivity contribution in [1.82, 2.24) is 34.8 Å². The number of nitrogens with one attached hydrogen (secondary N) is 1. The van der Waals surface area contributed by atoms with Crippen molar-refractivity contribution in [2.75, 3.05) is 51.5 Å². The van der Waals surface area contributed by atoms with Gasteiger partial charge in [-0.05, 0) is 31.3 Å². The lowest BCUT2D eigenvalue weighted by Gasteiger charge is -2.46. The highest BCUT2D eigenvalue weighted by Crippen LogP contribution is 2.33. The Balaban J connectivity index is 1.41. The van der Waals surface area contributed by atoms with Gasteiger partial charge in [-0.15, -0.1) is 0 Å². The van der Waals surface area contributed by atoms with E-state index in [4.69, 9.17) is 9.98 Å². The van der Waals surface area contributed by atoms with E-state index in [0.717, 1.165) is 61.5 Å². The number of rotatable bonds is 2. The number of aliphatic imine (C=N–C) groups is 1. The number of hydrogen-bond acceptors (Lipinski definition) is 8. The zero-order valence-electron chi connectivity index (χ0n) is 17.0. The first-order chi connectivity index (χ1) is 14.8. The standard InChI is InChI=1S/C21H25N9/c1-26-10-12-27(13-11-26)28-14-23-20-25-19(17-7-4-5-9-22-17)30-18-8-3-2-6-16(18)24-21(30)29(20)15-28/h2-9,19H,10-15H2,1H3,(H,23,25)/t19-/m1/s1. The van der Waals surface area contributed by atoms with Crippen LogP contribution in [0.3, 0.4) is 0 Å². The number of hydrazine groups is 1. The molecular formula is C21H25N9. The Morgan fingerprint density at radius 2 is 1.80 bits per heavy atom. The molecule has 154 valence electrons. The Hall–Kier alpha value is -3.01. The molecule has 0 unspecified atom stereocenters. The third-order valence-corrected chi connectivity index (χ3v) is 6.13. The zero-order valence-corrected chi connectivity index (χ0v) is 17.0. The fourth-order valence-electron chi connectivity index (χ4n) is 4.46. The summed E-state index contributed by atoms with van der Waals surface area (Å²) in [6, 6.07) is 14.3. The van der Waals surface area contributed by atoms with Crippen LogP contribution in [0.2, 0.25) is 0 Å². The number of benzene rings is 1. The highest BCUT2D eigenvalue weighted by atomic mass is 15.7. The first-order valence-electron chi connectivity index (χ1n) is 10.4. The first-order valence-corrected chi connectivity index (χ1v) is 10.4. The summed E-state index contributed by atoms with van der Waals surface area (Å²) in [6.45, 7) is 5.58. The van der Waals surface area contributed by atoms with Crippen molar-refractivity contribution in [3.05, 3.63) is 54.4 Å². The topological polar surface area (TPSA) is 68.1 Å². The Labute approximate surface area is 175 Å². The van der Waals surface area contributed by atoms with E-state index >= 15 is 0 Å². The summed E-state index contributed by atoms with van der Waals surface area (Å²) >= 11 is 0. The lowest BCUT2D eigenvalue weighted by molar-refractivity contribution is -0.0528. The smallest absolute Gasteiger partial charge is 0.216 e. The summed E-state index contributed by atoms with van der Waals surface area (Å²) in [5.74, 6) is 1.77. The van der Waals surface area contributed by atoms with Gasteiger partial charge in [0.25, 0.3) is 0 Å². The van der Waals surface area contributed by atoms with Crippen LogP contribution in [-0.4, -0.2) is 82.0 Å². The molecule has 1 fully saturated rings. The molecule has 0 radical (unpaired) electrons. The van der Waals surface area contributed by atoms with Crippen molar-refractivity contribution >= 4 is 22.9 Å². The molecule has 2 aromatic heterocycles. The lowest BCUT2D eigenvalue weighted by Crippen LogP contribution is -2.62. The summed E-state index contributed by atoms with van der Waals surface area (Å²) in [5.41, 5.74) is 3.02. The zero-order chi connectivity index (χ0) is 20.1. The van der Waals surface area contributed by atoms with Crippen LogP contribution in [0.25, 0.3) is 11.0 Å². The number of para-hydroxylation sites is 2. The quantitative estimate of drug-likeness (QED) is 0.688. The van der Waals surface area contributed by atoms with Crippen LogP contribution < -0.4 is 10.2 Å². The van der Waals surface area contributed by atoms with Crippen LogP contribution >= 0.6 is 0 Å². The molecule has 3 aromatic rings. The van der Waals surface area contributed by atoms with Crippen molar-refractivity contribution in [1.29, 1.82) is 0 Å². The number of likely N-dealkylation sites (N-methyl/N-ethyl adjacent to an activating group) is 1. The Kier molecular flexibility index (Phi) is 4.19. The second kappa shape index (κ2) is 7.05. The van der Waals surface area contributed by atoms with Crippen LogP contribution in [0, 0.1) is 0 Å². The van der Waals surface area contributed by atoms with Crippen LogP contribution in [0.5, 0.6) is 0 Å². The van der Waals surface area contributed by atoms with Crippen LogP contribution in [0.15, 0.2) is 53.7 Å².